The molecule has 1 aliphatic rings. The minimum absolute atomic E-state index is 0.258. The molecule has 6 heteroatoms. The Balaban J connectivity index is 1.79. The highest BCUT2D eigenvalue weighted by molar-refractivity contribution is 7.85. The number of nitrogens with zero attached hydrogens (tertiary/aromatic N) is 2. The summed E-state index contributed by atoms with van der Waals surface area (Å²) in [7, 11) is -3.99. The standard InChI is InChI=1S/C26H28N2O3S/c1-4-27-23(10-8-21-16-19(2)6-12-25(21)27)18-24-11-9-22-17-20(3)7-13-26(22)28(24)14-5-15-32(29,30)31/h6-13,16-18H,4-5,14-15H2,1-3H3/p+1. The van der Waals surface area contributed by atoms with Crippen molar-refractivity contribution in [3.8, 4) is 0 Å². The molecule has 2 heterocycles. The summed E-state index contributed by atoms with van der Waals surface area (Å²) in [6.45, 7) is 7.62. The molecule has 166 valence electrons. The normalized spacial score (nSPS) is 14.9. The van der Waals surface area contributed by atoms with Gasteiger partial charge in [0.1, 0.15) is 0 Å². The lowest BCUT2D eigenvalue weighted by Gasteiger charge is -2.29. The molecule has 0 saturated carbocycles. The summed E-state index contributed by atoms with van der Waals surface area (Å²) in [5.41, 5.74) is 7.91. The topological polar surface area (TPSA) is 61.5 Å². The fourth-order valence-electron chi connectivity index (χ4n) is 4.33. The summed E-state index contributed by atoms with van der Waals surface area (Å²) < 4.78 is 33.9. The van der Waals surface area contributed by atoms with Crippen molar-refractivity contribution in [1.82, 2.24) is 0 Å². The smallest absolute Gasteiger partial charge is 0.265 e. The van der Waals surface area contributed by atoms with Crippen molar-refractivity contribution in [2.75, 3.05) is 17.2 Å². The second-order valence-corrected chi connectivity index (χ2v) is 9.89. The van der Waals surface area contributed by atoms with E-state index in [2.05, 4.69) is 97.0 Å². The van der Waals surface area contributed by atoms with Crippen LogP contribution in [0.1, 0.15) is 35.7 Å². The molecule has 0 aliphatic carbocycles. The third kappa shape index (κ3) is 4.76. The van der Waals surface area contributed by atoms with Gasteiger partial charge in [0, 0.05) is 47.9 Å². The van der Waals surface area contributed by atoms with Gasteiger partial charge in [0.15, 0.2) is 6.54 Å². The van der Waals surface area contributed by atoms with Gasteiger partial charge >= 0.3 is 0 Å². The largest absolute Gasteiger partial charge is 0.341 e. The monoisotopic (exact) mass is 449 g/mol. The second kappa shape index (κ2) is 8.88. The molecule has 0 unspecified atom stereocenters. The Labute approximate surface area is 190 Å². The van der Waals surface area contributed by atoms with Crippen LogP contribution in [0.25, 0.3) is 23.1 Å². The number of benzene rings is 2. The maximum Gasteiger partial charge on any atom is 0.265 e. The number of anilines is 1. The fraction of sp³-hybridized carbons (Fsp3) is 0.269. The Morgan fingerprint density at radius 1 is 1.00 bits per heavy atom. The molecule has 5 nitrogen and oxygen atoms in total. The Hall–Kier alpha value is -2.96. The van der Waals surface area contributed by atoms with Gasteiger partial charge in [0.05, 0.1) is 5.75 Å². The van der Waals surface area contributed by atoms with Crippen LogP contribution in [-0.2, 0) is 16.7 Å². The zero-order valence-corrected chi connectivity index (χ0v) is 19.6. The molecule has 0 bridgehead atoms. The highest BCUT2D eigenvalue weighted by Gasteiger charge is 2.20. The fourth-order valence-corrected chi connectivity index (χ4v) is 4.82. The van der Waals surface area contributed by atoms with Crippen molar-refractivity contribution in [3.05, 3.63) is 82.7 Å². The first kappa shape index (κ1) is 22.2. The molecule has 1 aliphatic heterocycles. The van der Waals surface area contributed by atoms with E-state index in [1.54, 1.807) is 0 Å². The highest BCUT2D eigenvalue weighted by Crippen LogP contribution is 2.32. The van der Waals surface area contributed by atoms with E-state index in [9.17, 15) is 13.0 Å². The SMILES string of the molecule is CCN1/C(=C/c2ccc3cc(C)ccc3[n+]2CCCS(=O)(=O)O)C=Cc2cc(C)ccc21. The van der Waals surface area contributed by atoms with Crippen LogP contribution in [0.4, 0.5) is 5.69 Å². The van der Waals surface area contributed by atoms with Gasteiger partial charge in [-0.05, 0) is 56.7 Å². The Bertz CT molecular complexity index is 1340. The minimum atomic E-state index is -3.99. The quantitative estimate of drug-likeness (QED) is 0.429. The summed E-state index contributed by atoms with van der Waals surface area (Å²) in [4.78, 5) is 2.29. The van der Waals surface area contributed by atoms with E-state index >= 15 is 0 Å². The lowest BCUT2D eigenvalue weighted by Crippen LogP contribution is -2.39. The number of pyridine rings is 1. The van der Waals surface area contributed by atoms with E-state index in [1.807, 2.05) is 0 Å². The van der Waals surface area contributed by atoms with Crippen molar-refractivity contribution in [2.24, 2.45) is 0 Å². The third-order valence-electron chi connectivity index (χ3n) is 5.83. The number of rotatable bonds is 6. The summed E-state index contributed by atoms with van der Waals surface area (Å²) >= 11 is 0. The number of aryl methyl sites for hydroxylation is 3. The van der Waals surface area contributed by atoms with E-state index in [1.165, 1.54) is 22.4 Å². The molecule has 2 aromatic carbocycles. The molecule has 1 aromatic heterocycles. The second-order valence-electron chi connectivity index (χ2n) is 8.32. The molecular weight excluding hydrogens is 420 g/mol. The molecule has 4 rings (SSSR count). The molecule has 0 radical (unpaired) electrons. The predicted molar refractivity (Wildman–Crippen MR) is 131 cm³/mol. The van der Waals surface area contributed by atoms with Crippen molar-refractivity contribution in [2.45, 2.75) is 33.7 Å². The molecular formula is C26H29N2O3S+. The Morgan fingerprint density at radius 2 is 1.75 bits per heavy atom. The van der Waals surface area contributed by atoms with Crippen molar-refractivity contribution < 1.29 is 17.5 Å². The maximum absolute atomic E-state index is 11.3. The lowest BCUT2D eigenvalue weighted by atomic mass is 10.0. The van der Waals surface area contributed by atoms with Crippen LogP contribution in [0.5, 0.6) is 0 Å². The minimum Gasteiger partial charge on any atom is -0.341 e. The Morgan fingerprint density at radius 3 is 2.50 bits per heavy atom. The number of aromatic nitrogens is 1. The van der Waals surface area contributed by atoms with Gasteiger partial charge in [-0.2, -0.15) is 13.0 Å². The third-order valence-corrected chi connectivity index (χ3v) is 6.64. The van der Waals surface area contributed by atoms with Crippen LogP contribution >= 0.6 is 0 Å². The summed E-state index contributed by atoms with van der Waals surface area (Å²) in [5.74, 6) is -0.258. The van der Waals surface area contributed by atoms with Crippen LogP contribution in [0, 0.1) is 13.8 Å². The molecule has 0 saturated heterocycles. The molecule has 32 heavy (non-hydrogen) atoms. The number of likely N-dealkylation sites (N-methyl/N-ethyl adjacent to an activating group) is 1. The summed E-state index contributed by atoms with van der Waals surface area (Å²) in [6, 6.07) is 16.9. The van der Waals surface area contributed by atoms with Gasteiger partial charge in [-0.15, -0.1) is 0 Å². The van der Waals surface area contributed by atoms with Crippen LogP contribution in [0.2, 0.25) is 0 Å². The number of hydrogen-bond acceptors (Lipinski definition) is 3. The van der Waals surface area contributed by atoms with E-state index in [-0.39, 0.29) is 5.75 Å². The highest BCUT2D eigenvalue weighted by atomic mass is 32.2. The van der Waals surface area contributed by atoms with Gasteiger partial charge in [0.25, 0.3) is 10.1 Å². The van der Waals surface area contributed by atoms with Gasteiger partial charge < -0.3 is 4.90 Å². The van der Waals surface area contributed by atoms with Crippen molar-refractivity contribution in [1.29, 1.82) is 0 Å². The molecule has 3 aromatic rings. The molecule has 0 fully saturated rings. The van der Waals surface area contributed by atoms with Crippen molar-refractivity contribution >= 4 is 38.9 Å². The summed E-state index contributed by atoms with van der Waals surface area (Å²) in [6.07, 6.45) is 6.76. The molecule has 1 N–H and O–H groups in total. The van der Waals surface area contributed by atoms with E-state index in [0.717, 1.165) is 28.8 Å². The predicted octanol–water partition coefficient (Wildman–Crippen LogP) is 4.92. The van der Waals surface area contributed by atoms with Crippen LogP contribution in [-0.4, -0.2) is 25.3 Å². The number of hydrogen-bond donors (Lipinski definition) is 1. The van der Waals surface area contributed by atoms with Crippen molar-refractivity contribution in [3.63, 3.8) is 0 Å². The van der Waals surface area contributed by atoms with E-state index in [0.29, 0.717) is 13.0 Å². The van der Waals surface area contributed by atoms with Crippen LogP contribution in [0.15, 0.2) is 60.3 Å². The Kier molecular flexibility index (Phi) is 6.17. The van der Waals surface area contributed by atoms with Gasteiger partial charge in [-0.3, -0.25) is 4.55 Å². The van der Waals surface area contributed by atoms with E-state index < -0.39 is 10.1 Å². The molecule has 0 amide bonds. The average molecular weight is 450 g/mol. The van der Waals surface area contributed by atoms with Gasteiger partial charge in [0.2, 0.25) is 11.2 Å². The molecule has 0 spiro atoms. The summed E-state index contributed by atoms with van der Waals surface area (Å²) in [5, 5.41) is 1.10. The van der Waals surface area contributed by atoms with Crippen LogP contribution in [0.3, 0.4) is 0 Å². The zero-order valence-electron chi connectivity index (χ0n) is 18.7. The molecule has 0 atom stereocenters. The number of fused-ring (bicyclic) bond motifs is 2. The van der Waals surface area contributed by atoms with Gasteiger partial charge in [-0.1, -0.05) is 29.3 Å². The first-order chi connectivity index (χ1) is 15.2. The average Bonchev–Trinajstić information content (AvgIpc) is 2.73. The lowest BCUT2D eigenvalue weighted by molar-refractivity contribution is -0.673. The van der Waals surface area contributed by atoms with Gasteiger partial charge in [-0.25, -0.2) is 0 Å². The maximum atomic E-state index is 11.3. The first-order valence-corrected chi connectivity index (χ1v) is 12.5. The zero-order chi connectivity index (χ0) is 22.9. The van der Waals surface area contributed by atoms with Crippen LogP contribution < -0.4 is 9.47 Å². The number of allylic oxidation sites excluding steroid dienone is 1. The van der Waals surface area contributed by atoms with E-state index in [4.69, 9.17) is 0 Å². The first-order valence-electron chi connectivity index (χ1n) is 10.9.